The Morgan fingerprint density at radius 1 is 1.03 bits per heavy atom. The topological polar surface area (TPSA) is 99.1 Å². The van der Waals surface area contributed by atoms with Crippen molar-refractivity contribution in [3.8, 4) is 0 Å². The van der Waals surface area contributed by atoms with E-state index in [1.54, 1.807) is 0 Å². The van der Waals surface area contributed by atoms with Gasteiger partial charge in [-0.15, -0.1) is 0 Å². The molecule has 2 amide bonds. The van der Waals surface area contributed by atoms with Crippen molar-refractivity contribution in [1.82, 2.24) is 4.90 Å². The molecule has 3 aromatic carbocycles. The lowest BCUT2D eigenvalue weighted by Gasteiger charge is -2.32. The van der Waals surface area contributed by atoms with Gasteiger partial charge in [0.2, 0.25) is 11.8 Å². The number of rotatable bonds is 6. The minimum absolute atomic E-state index is 0.0288. The SMILES string of the molecule is O=C(O)c1ccc(NC(=O)C2CC(=O)N(Cc3ccccc3)C(=Nc3ccc(F)cc3)S2)cc1. The second-order valence-corrected chi connectivity index (χ2v) is 8.69. The number of nitrogens with zero attached hydrogens (tertiary/aromatic N) is 2. The van der Waals surface area contributed by atoms with E-state index < -0.39 is 22.9 Å². The molecular weight excluding hydrogens is 457 g/mol. The first-order valence-corrected chi connectivity index (χ1v) is 11.3. The number of thioether (sulfide) groups is 1. The van der Waals surface area contributed by atoms with Gasteiger partial charge in [-0.05, 0) is 54.1 Å². The molecule has 0 bridgehead atoms. The Labute approximate surface area is 199 Å². The van der Waals surface area contributed by atoms with Gasteiger partial charge in [0, 0.05) is 12.1 Å². The predicted octanol–water partition coefficient (Wildman–Crippen LogP) is 4.68. The van der Waals surface area contributed by atoms with E-state index in [9.17, 15) is 18.8 Å². The Hall–Kier alpha value is -3.98. The molecule has 0 saturated carbocycles. The van der Waals surface area contributed by atoms with Gasteiger partial charge in [0.1, 0.15) is 11.1 Å². The van der Waals surface area contributed by atoms with Gasteiger partial charge in [-0.3, -0.25) is 14.5 Å². The van der Waals surface area contributed by atoms with Gasteiger partial charge in [0.05, 0.1) is 17.8 Å². The third-order valence-electron chi connectivity index (χ3n) is 5.07. The van der Waals surface area contributed by atoms with Crippen LogP contribution in [0.3, 0.4) is 0 Å². The largest absolute Gasteiger partial charge is 0.478 e. The Balaban J connectivity index is 1.56. The van der Waals surface area contributed by atoms with Gasteiger partial charge in [0.25, 0.3) is 0 Å². The van der Waals surface area contributed by atoms with E-state index in [-0.39, 0.29) is 24.4 Å². The number of hydrogen-bond donors (Lipinski definition) is 2. The van der Waals surface area contributed by atoms with Crippen molar-refractivity contribution in [2.45, 2.75) is 18.2 Å². The molecule has 0 radical (unpaired) electrons. The number of nitrogens with one attached hydrogen (secondary N) is 1. The number of carboxylic acids is 1. The van der Waals surface area contributed by atoms with Crippen LogP contribution in [0.2, 0.25) is 0 Å². The molecular formula is C25H20FN3O4S. The molecule has 0 aromatic heterocycles. The fraction of sp³-hybridized carbons (Fsp3) is 0.120. The average Bonchev–Trinajstić information content (AvgIpc) is 2.83. The lowest BCUT2D eigenvalue weighted by atomic mass is 10.2. The summed E-state index contributed by atoms with van der Waals surface area (Å²) in [4.78, 5) is 43.1. The summed E-state index contributed by atoms with van der Waals surface area (Å²) in [7, 11) is 0. The van der Waals surface area contributed by atoms with Crippen LogP contribution in [0, 0.1) is 5.82 Å². The smallest absolute Gasteiger partial charge is 0.335 e. The Morgan fingerprint density at radius 3 is 2.35 bits per heavy atom. The molecule has 1 aliphatic heterocycles. The van der Waals surface area contributed by atoms with Crippen molar-refractivity contribution in [1.29, 1.82) is 0 Å². The molecule has 7 nitrogen and oxygen atoms in total. The molecule has 172 valence electrons. The summed E-state index contributed by atoms with van der Waals surface area (Å²) in [6, 6.07) is 20.7. The number of benzene rings is 3. The van der Waals surface area contributed by atoms with Crippen LogP contribution in [-0.4, -0.2) is 38.2 Å². The van der Waals surface area contributed by atoms with Crippen molar-refractivity contribution in [3.63, 3.8) is 0 Å². The molecule has 2 N–H and O–H groups in total. The average molecular weight is 478 g/mol. The number of carbonyl (C=O) groups is 3. The van der Waals surface area contributed by atoms with Gasteiger partial charge in [-0.2, -0.15) is 0 Å². The molecule has 4 rings (SSSR count). The summed E-state index contributed by atoms with van der Waals surface area (Å²) < 4.78 is 13.3. The monoisotopic (exact) mass is 477 g/mol. The molecule has 1 atom stereocenters. The first kappa shape index (κ1) is 23.2. The number of anilines is 1. The zero-order valence-electron chi connectivity index (χ0n) is 17.8. The van der Waals surface area contributed by atoms with Gasteiger partial charge in [-0.1, -0.05) is 42.1 Å². The summed E-state index contributed by atoms with van der Waals surface area (Å²) in [5.74, 6) is -2.12. The minimum atomic E-state index is -1.06. The standard InChI is InChI=1S/C25H20FN3O4S/c26-18-8-12-20(13-9-18)28-25-29(15-16-4-2-1-3-5-16)22(30)14-21(34-25)23(31)27-19-10-6-17(7-11-19)24(32)33/h1-13,21H,14-15H2,(H,27,31)(H,32,33). The number of halogens is 1. The van der Waals surface area contributed by atoms with Crippen LogP contribution < -0.4 is 5.32 Å². The van der Waals surface area contributed by atoms with Crippen molar-refractivity contribution >= 4 is 46.1 Å². The predicted molar refractivity (Wildman–Crippen MR) is 129 cm³/mol. The van der Waals surface area contributed by atoms with Crippen molar-refractivity contribution < 1.29 is 23.9 Å². The highest BCUT2D eigenvalue weighted by Gasteiger charge is 2.36. The lowest BCUT2D eigenvalue weighted by molar-refractivity contribution is -0.129. The minimum Gasteiger partial charge on any atom is -0.478 e. The second-order valence-electron chi connectivity index (χ2n) is 7.52. The molecule has 1 fully saturated rings. The molecule has 34 heavy (non-hydrogen) atoms. The van der Waals surface area contributed by atoms with E-state index in [4.69, 9.17) is 5.11 Å². The molecule has 1 unspecified atom stereocenters. The van der Waals surface area contributed by atoms with Gasteiger partial charge < -0.3 is 10.4 Å². The summed E-state index contributed by atoms with van der Waals surface area (Å²) in [5, 5.41) is 11.3. The third-order valence-corrected chi connectivity index (χ3v) is 6.25. The highest BCUT2D eigenvalue weighted by molar-refractivity contribution is 8.15. The quantitative estimate of drug-likeness (QED) is 0.537. The number of amides is 2. The van der Waals surface area contributed by atoms with E-state index in [1.807, 2.05) is 30.3 Å². The lowest BCUT2D eigenvalue weighted by Crippen LogP contribution is -2.44. The first-order valence-electron chi connectivity index (χ1n) is 10.4. The van der Waals surface area contributed by atoms with Crippen molar-refractivity contribution in [2.24, 2.45) is 4.99 Å². The summed E-state index contributed by atoms with van der Waals surface area (Å²) in [6.07, 6.45) is -0.0288. The van der Waals surface area contributed by atoms with E-state index >= 15 is 0 Å². The number of carboxylic acid groups (broad SMARTS) is 1. The Morgan fingerprint density at radius 2 is 1.71 bits per heavy atom. The number of aliphatic imine (C=N–C) groups is 1. The molecule has 3 aromatic rings. The van der Waals surface area contributed by atoms with E-state index in [1.165, 1.54) is 53.4 Å². The van der Waals surface area contributed by atoms with Crippen LogP contribution in [0.4, 0.5) is 15.8 Å². The summed E-state index contributed by atoms with van der Waals surface area (Å²) >= 11 is 1.15. The molecule has 9 heteroatoms. The molecule has 1 saturated heterocycles. The molecule has 1 heterocycles. The van der Waals surface area contributed by atoms with Crippen LogP contribution in [0.5, 0.6) is 0 Å². The third kappa shape index (κ3) is 5.68. The maximum atomic E-state index is 13.3. The molecule has 0 spiro atoms. The number of amidine groups is 1. The van der Waals surface area contributed by atoms with Crippen LogP contribution in [0.1, 0.15) is 22.3 Å². The van der Waals surface area contributed by atoms with Crippen LogP contribution >= 0.6 is 11.8 Å². The maximum absolute atomic E-state index is 13.3. The normalized spacial score (nSPS) is 17.0. The highest BCUT2D eigenvalue weighted by atomic mass is 32.2. The van der Waals surface area contributed by atoms with Crippen molar-refractivity contribution in [3.05, 3.63) is 95.8 Å². The van der Waals surface area contributed by atoms with Crippen LogP contribution in [-0.2, 0) is 16.1 Å². The van der Waals surface area contributed by atoms with Gasteiger partial charge >= 0.3 is 5.97 Å². The fourth-order valence-corrected chi connectivity index (χ4v) is 4.41. The van der Waals surface area contributed by atoms with E-state index in [2.05, 4.69) is 10.3 Å². The van der Waals surface area contributed by atoms with E-state index in [0.717, 1.165) is 17.3 Å². The van der Waals surface area contributed by atoms with Crippen molar-refractivity contribution in [2.75, 3.05) is 5.32 Å². The molecule has 0 aliphatic carbocycles. The first-order chi connectivity index (χ1) is 16.4. The highest BCUT2D eigenvalue weighted by Crippen LogP contribution is 2.31. The number of aromatic carboxylic acids is 1. The van der Waals surface area contributed by atoms with Gasteiger partial charge in [-0.25, -0.2) is 14.2 Å². The second kappa shape index (κ2) is 10.3. The number of carbonyl (C=O) groups excluding carboxylic acids is 2. The van der Waals surface area contributed by atoms with Gasteiger partial charge in [0.15, 0.2) is 5.17 Å². The summed E-state index contributed by atoms with van der Waals surface area (Å²) in [6.45, 7) is 0.289. The fourth-order valence-electron chi connectivity index (χ4n) is 3.31. The zero-order valence-corrected chi connectivity index (χ0v) is 18.7. The summed E-state index contributed by atoms with van der Waals surface area (Å²) in [5.41, 5.74) is 1.89. The molecule has 1 aliphatic rings. The van der Waals surface area contributed by atoms with Crippen LogP contribution in [0.15, 0.2) is 83.9 Å². The van der Waals surface area contributed by atoms with E-state index in [0.29, 0.717) is 16.5 Å². The number of hydrogen-bond acceptors (Lipinski definition) is 5. The Kier molecular flexibility index (Phi) is 7.03. The maximum Gasteiger partial charge on any atom is 0.335 e. The zero-order chi connectivity index (χ0) is 24.1. The van der Waals surface area contributed by atoms with Crippen LogP contribution in [0.25, 0.3) is 0 Å². The Bertz CT molecular complexity index is 1230.